The van der Waals surface area contributed by atoms with Crippen LogP contribution in [0, 0.1) is 12.7 Å². The summed E-state index contributed by atoms with van der Waals surface area (Å²) in [5.41, 5.74) is 2.85. The van der Waals surface area contributed by atoms with E-state index in [9.17, 15) is 17.6 Å². The summed E-state index contributed by atoms with van der Waals surface area (Å²) in [7, 11) is -3.13. The van der Waals surface area contributed by atoms with Gasteiger partial charge in [-0.05, 0) is 50.2 Å². The summed E-state index contributed by atoms with van der Waals surface area (Å²) in [4.78, 5) is 22.7. The second-order valence-corrected chi connectivity index (χ2v) is 11.3. The van der Waals surface area contributed by atoms with Crippen LogP contribution < -0.4 is 0 Å². The van der Waals surface area contributed by atoms with E-state index in [1.807, 2.05) is 11.8 Å². The van der Waals surface area contributed by atoms with Crippen LogP contribution in [0.3, 0.4) is 0 Å². The van der Waals surface area contributed by atoms with Crippen molar-refractivity contribution in [3.63, 3.8) is 0 Å². The Morgan fingerprint density at radius 3 is 2.47 bits per heavy atom. The first-order valence-electron chi connectivity index (χ1n) is 11.6. The van der Waals surface area contributed by atoms with Crippen LogP contribution >= 0.6 is 0 Å². The number of aromatic nitrogens is 3. The molecule has 180 valence electrons. The first-order valence-corrected chi connectivity index (χ1v) is 13.5. The van der Waals surface area contributed by atoms with E-state index in [1.54, 1.807) is 22.9 Å². The maximum absolute atomic E-state index is 13.7. The van der Waals surface area contributed by atoms with Gasteiger partial charge in [-0.15, -0.1) is 0 Å². The number of piperazine rings is 1. The van der Waals surface area contributed by atoms with Gasteiger partial charge in [0, 0.05) is 31.7 Å². The molecule has 0 radical (unpaired) electrons. The van der Waals surface area contributed by atoms with E-state index in [0.717, 1.165) is 19.6 Å². The Hall–Kier alpha value is -2.85. The molecule has 0 spiro atoms. The lowest BCUT2D eigenvalue weighted by atomic mass is 10.0. The number of fused-ring (bicyclic) bond motifs is 1. The predicted octanol–water partition coefficient (Wildman–Crippen LogP) is 2.68. The smallest absolute Gasteiger partial charge is 0.254 e. The first-order chi connectivity index (χ1) is 16.3. The first kappa shape index (κ1) is 22.9. The normalized spacial score (nSPS) is 20.8. The molecule has 0 saturated carbocycles. The topological polar surface area (TPSA) is 88.4 Å². The average Bonchev–Trinajstić information content (AvgIpc) is 3.37. The zero-order valence-corrected chi connectivity index (χ0v) is 20.2. The molecule has 34 heavy (non-hydrogen) atoms. The van der Waals surface area contributed by atoms with E-state index in [0.29, 0.717) is 53.1 Å². The molecule has 2 aliphatic rings. The average molecular weight is 486 g/mol. The minimum atomic E-state index is -3.13. The third-order valence-corrected chi connectivity index (χ3v) is 8.62. The highest BCUT2D eigenvalue weighted by Crippen LogP contribution is 2.32. The van der Waals surface area contributed by atoms with Gasteiger partial charge in [-0.25, -0.2) is 22.5 Å². The fourth-order valence-electron chi connectivity index (χ4n) is 4.91. The number of benzene rings is 1. The fraction of sp³-hybridized carbons (Fsp3) is 0.458. The van der Waals surface area contributed by atoms with E-state index in [1.165, 1.54) is 12.1 Å². The van der Waals surface area contributed by atoms with Crippen molar-refractivity contribution >= 4 is 26.8 Å². The van der Waals surface area contributed by atoms with Crippen molar-refractivity contribution in [2.45, 2.75) is 26.3 Å². The van der Waals surface area contributed by atoms with Crippen molar-refractivity contribution in [1.82, 2.24) is 24.6 Å². The minimum absolute atomic E-state index is 0.00787. The molecule has 2 fully saturated rings. The molecule has 1 atom stereocenters. The Balaban J connectivity index is 1.64. The Bertz CT molecular complexity index is 1350. The van der Waals surface area contributed by atoms with Crippen LogP contribution in [0.5, 0.6) is 0 Å². The largest absolute Gasteiger partial charge is 0.336 e. The summed E-state index contributed by atoms with van der Waals surface area (Å²) in [5.74, 6) is -0.322. The summed E-state index contributed by atoms with van der Waals surface area (Å²) >= 11 is 0. The van der Waals surface area contributed by atoms with Crippen molar-refractivity contribution < 1.29 is 17.6 Å². The summed E-state index contributed by atoms with van der Waals surface area (Å²) in [6.45, 7) is 7.80. The number of hydrogen-bond donors (Lipinski definition) is 0. The van der Waals surface area contributed by atoms with Crippen LogP contribution in [-0.4, -0.2) is 83.1 Å². The Labute approximate surface area is 198 Å². The van der Waals surface area contributed by atoms with E-state index in [-0.39, 0.29) is 29.3 Å². The molecule has 2 saturated heterocycles. The number of sulfone groups is 1. The molecule has 10 heteroatoms. The maximum atomic E-state index is 13.7. The van der Waals surface area contributed by atoms with Gasteiger partial charge in [0.05, 0.1) is 39.9 Å². The lowest BCUT2D eigenvalue weighted by Gasteiger charge is -2.34. The Morgan fingerprint density at radius 2 is 1.85 bits per heavy atom. The molecular formula is C24H28FN5O3S. The molecule has 3 aromatic rings. The second-order valence-electron chi connectivity index (χ2n) is 9.07. The third-order valence-electron chi connectivity index (χ3n) is 6.87. The van der Waals surface area contributed by atoms with Gasteiger partial charge in [-0.2, -0.15) is 5.10 Å². The van der Waals surface area contributed by atoms with Crippen molar-refractivity contribution in [1.29, 1.82) is 0 Å². The standard InChI is InChI=1S/C24H28FN5O3S/c1-3-28-9-11-29(12-10-28)24(31)20-14-21(17-4-6-18(25)7-5-17)26-23-22(20)16(2)27-30(23)19-8-13-34(32,33)15-19/h4-7,14,19H,3,8-13,15H2,1-2H3. The van der Waals surface area contributed by atoms with Crippen molar-refractivity contribution in [2.75, 3.05) is 44.2 Å². The monoisotopic (exact) mass is 485 g/mol. The number of pyridine rings is 1. The number of nitrogens with zero attached hydrogens (tertiary/aromatic N) is 5. The summed E-state index contributed by atoms with van der Waals surface area (Å²) < 4.78 is 39.5. The van der Waals surface area contributed by atoms with Gasteiger partial charge in [0.25, 0.3) is 5.91 Å². The maximum Gasteiger partial charge on any atom is 0.254 e. The van der Waals surface area contributed by atoms with Gasteiger partial charge in [0.15, 0.2) is 15.5 Å². The number of carbonyl (C=O) groups is 1. The molecule has 1 unspecified atom stereocenters. The number of halogens is 1. The summed E-state index contributed by atoms with van der Waals surface area (Å²) in [5, 5.41) is 5.30. The number of likely N-dealkylation sites (N-methyl/N-ethyl adjacent to an activating group) is 1. The quantitative estimate of drug-likeness (QED) is 0.565. The van der Waals surface area contributed by atoms with E-state index in [2.05, 4.69) is 16.9 Å². The predicted molar refractivity (Wildman–Crippen MR) is 128 cm³/mol. The Kier molecular flexibility index (Phi) is 5.89. The van der Waals surface area contributed by atoms with Crippen LogP contribution in [-0.2, 0) is 9.84 Å². The van der Waals surface area contributed by atoms with Gasteiger partial charge in [-0.1, -0.05) is 6.92 Å². The fourth-order valence-corrected chi connectivity index (χ4v) is 6.60. The number of aryl methyl sites for hydroxylation is 1. The molecule has 5 rings (SSSR count). The molecule has 2 aliphatic heterocycles. The molecule has 0 N–H and O–H groups in total. The third kappa shape index (κ3) is 4.20. The lowest BCUT2D eigenvalue weighted by Crippen LogP contribution is -2.48. The Morgan fingerprint density at radius 1 is 1.15 bits per heavy atom. The van der Waals surface area contributed by atoms with Crippen LogP contribution in [0.1, 0.15) is 35.4 Å². The van der Waals surface area contributed by atoms with E-state index < -0.39 is 9.84 Å². The molecule has 1 aromatic carbocycles. The summed E-state index contributed by atoms with van der Waals surface area (Å²) in [6, 6.07) is 7.41. The highest BCUT2D eigenvalue weighted by atomic mass is 32.2. The molecule has 1 amide bonds. The van der Waals surface area contributed by atoms with E-state index in [4.69, 9.17) is 4.98 Å². The molecule has 0 aliphatic carbocycles. The lowest BCUT2D eigenvalue weighted by molar-refractivity contribution is 0.0645. The van der Waals surface area contributed by atoms with Crippen LogP contribution in [0.2, 0.25) is 0 Å². The zero-order chi connectivity index (χ0) is 24.0. The van der Waals surface area contributed by atoms with Crippen LogP contribution in [0.15, 0.2) is 30.3 Å². The van der Waals surface area contributed by atoms with Crippen LogP contribution in [0.25, 0.3) is 22.3 Å². The van der Waals surface area contributed by atoms with Crippen molar-refractivity contribution in [3.05, 3.63) is 47.4 Å². The zero-order valence-electron chi connectivity index (χ0n) is 19.4. The summed E-state index contributed by atoms with van der Waals surface area (Å²) in [6.07, 6.45) is 0.462. The van der Waals surface area contributed by atoms with Crippen molar-refractivity contribution in [3.8, 4) is 11.3 Å². The number of hydrogen-bond acceptors (Lipinski definition) is 6. The molecule has 8 nitrogen and oxygen atoms in total. The van der Waals surface area contributed by atoms with Gasteiger partial charge in [-0.3, -0.25) is 4.79 Å². The van der Waals surface area contributed by atoms with Crippen LogP contribution in [0.4, 0.5) is 4.39 Å². The molecule has 4 heterocycles. The van der Waals surface area contributed by atoms with Gasteiger partial charge in [0.2, 0.25) is 0 Å². The number of amides is 1. The second kappa shape index (κ2) is 8.74. The van der Waals surface area contributed by atoms with E-state index >= 15 is 0 Å². The highest BCUT2D eigenvalue weighted by Gasteiger charge is 2.33. The minimum Gasteiger partial charge on any atom is -0.336 e. The van der Waals surface area contributed by atoms with Gasteiger partial charge < -0.3 is 9.80 Å². The highest BCUT2D eigenvalue weighted by molar-refractivity contribution is 7.91. The van der Waals surface area contributed by atoms with Crippen molar-refractivity contribution in [2.24, 2.45) is 0 Å². The van der Waals surface area contributed by atoms with Gasteiger partial charge in [0.1, 0.15) is 5.82 Å². The number of rotatable bonds is 4. The molecule has 2 aromatic heterocycles. The SMILES string of the molecule is CCN1CCN(C(=O)c2cc(-c3ccc(F)cc3)nc3c2c(C)nn3C2CCS(=O)(=O)C2)CC1. The van der Waals surface area contributed by atoms with Gasteiger partial charge >= 0.3 is 0 Å². The number of carbonyl (C=O) groups excluding carboxylic acids is 1. The molecule has 0 bridgehead atoms. The molecular weight excluding hydrogens is 457 g/mol.